The fourth-order valence-corrected chi connectivity index (χ4v) is 4.69. The van der Waals surface area contributed by atoms with E-state index in [-0.39, 0.29) is 0 Å². The standard InChI is InChI=1S/C20H28N4/c21-13-17-3-5-20(6-4-17)24-15-18-7-10-23(14-19(18)16-24)12-11-22-8-1-2-9-22/h3-6,18-19H,1-2,7-12,14-16H2/t18-,19+/m1/s1. The van der Waals surface area contributed by atoms with E-state index in [1.54, 1.807) is 0 Å². The summed E-state index contributed by atoms with van der Waals surface area (Å²) in [5, 5.41) is 8.95. The Labute approximate surface area is 145 Å². The molecule has 3 saturated heterocycles. The lowest BCUT2D eigenvalue weighted by Crippen LogP contribution is -2.43. The second kappa shape index (κ2) is 7.13. The number of nitriles is 1. The van der Waals surface area contributed by atoms with Crippen molar-refractivity contribution in [1.29, 1.82) is 5.26 Å². The van der Waals surface area contributed by atoms with Crippen LogP contribution in [-0.4, -0.2) is 62.2 Å². The lowest BCUT2D eigenvalue weighted by molar-refractivity contribution is 0.135. The minimum atomic E-state index is 0.753. The van der Waals surface area contributed by atoms with Crippen molar-refractivity contribution in [2.45, 2.75) is 19.3 Å². The van der Waals surface area contributed by atoms with Gasteiger partial charge in [-0.05, 0) is 75.0 Å². The molecule has 24 heavy (non-hydrogen) atoms. The first-order valence-electron chi connectivity index (χ1n) is 9.51. The van der Waals surface area contributed by atoms with Crippen molar-refractivity contribution >= 4 is 5.69 Å². The number of nitrogens with zero attached hydrogens (tertiary/aromatic N) is 4. The summed E-state index contributed by atoms with van der Waals surface area (Å²) in [6.07, 6.45) is 4.13. The summed E-state index contributed by atoms with van der Waals surface area (Å²) in [6, 6.07) is 10.3. The summed E-state index contributed by atoms with van der Waals surface area (Å²) in [5.74, 6) is 1.66. The van der Waals surface area contributed by atoms with Crippen molar-refractivity contribution in [3.63, 3.8) is 0 Å². The van der Waals surface area contributed by atoms with Crippen LogP contribution in [0.5, 0.6) is 0 Å². The van der Waals surface area contributed by atoms with Crippen molar-refractivity contribution < 1.29 is 0 Å². The number of anilines is 1. The molecule has 4 heteroatoms. The molecule has 2 atom stereocenters. The molecule has 3 aliphatic heterocycles. The predicted molar refractivity (Wildman–Crippen MR) is 97.1 cm³/mol. The van der Waals surface area contributed by atoms with E-state index in [9.17, 15) is 0 Å². The van der Waals surface area contributed by atoms with Gasteiger partial charge in [0.05, 0.1) is 11.6 Å². The van der Waals surface area contributed by atoms with Crippen LogP contribution < -0.4 is 4.90 Å². The van der Waals surface area contributed by atoms with Gasteiger partial charge in [-0.15, -0.1) is 0 Å². The largest absolute Gasteiger partial charge is 0.371 e. The third kappa shape index (κ3) is 3.43. The van der Waals surface area contributed by atoms with Gasteiger partial charge in [0.25, 0.3) is 0 Å². The van der Waals surface area contributed by atoms with Crippen LogP contribution in [0.15, 0.2) is 24.3 Å². The highest BCUT2D eigenvalue weighted by Crippen LogP contribution is 2.34. The normalized spacial score (nSPS) is 28.0. The average molecular weight is 324 g/mol. The first-order chi connectivity index (χ1) is 11.8. The maximum atomic E-state index is 8.95. The second-order valence-corrected chi connectivity index (χ2v) is 7.72. The zero-order chi connectivity index (χ0) is 16.4. The first-order valence-corrected chi connectivity index (χ1v) is 9.51. The fraction of sp³-hybridized carbons (Fsp3) is 0.650. The summed E-state index contributed by atoms with van der Waals surface area (Å²) in [4.78, 5) is 7.85. The quantitative estimate of drug-likeness (QED) is 0.852. The molecule has 0 aliphatic carbocycles. The zero-order valence-corrected chi connectivity index (χ0v) is 14.5. The van der Waals surface area contributed by atoms with Gasteiger partial charge in [0, 0.05) is 38.4 Å². The Balaban J connectivity index is 1.31. The molecule has 0 bridgehead atoms. The topological polar surface area (TPSA) is 33.5 Å². The van der Waals surface area contributed by atoms with Gasteiger partial charge in [-0.1, -0.05) is 0 Å². The molecule has 0 saturated carbocycles. The molecule has 0 amide bonds. The van der Waals surface area contributed by atoms with Crippen LogP contribution in [0, 0.1) is 23.2 Å². The molecule has 1 aromatic carbocycles. The number of fused-ring (bicyclic) bond motifs is 1. The summed E-state index contributed by atoms with van der Waals surface area (Å²) < 4.78 is 0. The van der Waals surface area contributed by atoms with Crippen LogP contribution in [0.1, 0.15) is 24.8 Å². The van der Waals surface area contributed by atoms with E-state index in [2.05, 4.69) is 32.9 Å². The number of likely N-dealkylation sites (tertiary alicyclic amines) is 2. The Kier molecular flexibility index (Phi) is 4.73. The van der Waals surface area contributed by atoms with Crippen LogP contribution >= 0.6 is 0 Å². The van der Waals surface area contributed by atoms with Crippen LogP contribution in [0.4, 0.5) is 5.69 Å². The van der Waals surface area contributed by atoms with Gasteiger partial charge < -0.3 is 14.7 Å². The number of hydrogen-bond donors (Lipinski definition) is 0. The van der Waals surface area contributed by atoms with Crippen molar-refractivity contribution in [1.82, 2.24) is 9.80 Å². The Morgan fingerprint density at radius 1 is 0.875 bits per heavy atom. The third-order valence-electron chi connectivity index (χ3n) is 6.18. The van der Waals surface area contributed by atoms with Gasteiger partial charge in [0.1, 0.15) is 0 Å². The van der Waals surface area contributed by atoms with E-state index in [1.165, 1.54) is 77.3 Å². The Hall–Kier alpha value is -1.57. The number of benzene rings is 1. The van der Waals surface area contributed by atoms with E-state index >= 15 is 0 Å². The van der Waals surface area contributed by atoms with Crippen molar-refractivity contribution in [3.05, 3.63) is 29.8 Å². The van der Waals surface area contributed by atoms with E-state index in [1.807, 2.05) is 12.1 Å². The highest BCUT2D eigenvalue weighted by molar-refractivity contribution is 5.50. The van der Waals surface area contributed by atoms with Crippen LogP contribution in [0.3, 0.4) is 0 Å². The van der Waals surface area contributed by atoms with Gasteiger partial charge >= 0.3 is 0 Å². The van der Waals surface area contributed by atoms with Crippen LogP contribution in [0.25, 0.3) is 0 Å². The van der Waals surface area contributed by atoms with E-state index in [4.69, 9.17) is 5.26 Å². The van der Waals surface area contributed by atoms with Gasteiger partial charge in [-0.3, -0.25) is 0 Å². The van der Waals surface area contributed by atoms with Crippen LogP contribution in [-0.2, 0) is 0 Å². The Morgan fingerprint density at radius 2 is 1.58 bits per heavy atom. The maximum absolute atomic E-state index is 8.95. The molecule has 3 fully saturated rings. The summed E-state index contributed by atoms with van der Waals surface area (Å²) in [5.41, 5.74) is 2.04. The summed E-state index contributed by atoms with van der Waals surface area (Å²) in [6.45, 7) is 10.0. The molecule has 0 spiro atoms. The summed E-state index contributed by atoms with van der Waals surface area (Å²) in [7, 11) is 0. The molecule has 0 radical (unpaired) electrons. The molecule has 4 nitrogen and oxygen atoms in total. The molecule has 128 valence electrons. The molecule has 0 unspecified atom stereocenters. The van der Waals surface area contributed by atoms with Crippen molar-refractivity contribution in [2.75, 3.05) is 57.3 Å². The average Bonchev–Trinajstić information content (AvgIpc) is 3.29. The fourth-order valence-electron chi connectivity index (χ4n) is 4.69. The molecule has 0 N–H and O–H groups in total. The van der Waals surface area contributed by atoms with Crippen molar-refractivity contribution in [2.24, 2.45) is 11.8 Å². The molecule has 4 rings (SSSR count). The number of hydrogen-bond acceptors (Lipinski definition) is 4. The predicted octanol–water partition coefficient (Wildman–Crippen LogP) is 2.41. The number of piperidine rings is 1. The zero-order valence-electron chi connectivity index (χ0n) is 14.5. The lowest BCUT2D eigenvalue weighted by Gasteiger charge is -2.35. The van der Waals surface area contributed by atoms with Gasteiger partial charge in [-0.25, -0.2) is 0 Å². The van der Waals surface area contributed by atoms with Gasteiger partial charge in [0.2, 0.25) is 0 Å². The monoisotopic (exact) mass is 324 g/mol. The Morgan fingerprint density at radius 3 is 2.33 bits per heavy atom. The smallest absolute Gasteiger partial charge is 0.0991 e. The van der Waals surface area contributed by atoms with Gasteiger partial charge in [0.15, 0.2) is 0 Å². The van der Waals surface area contributed by atoms with E-state index in [0.29, 0.717) is 0 Å². The molecule has 3 aliphatic rings. The van der Waals surface area contributed by atoms with Crippen molar-refractivity contribution in [3.8, 4) is 6.07 Å². The lowest BCUT2D eigenvalue weighted by atomic mass is 9.89. The molecule has 0 aromatic heterocycles. The van der Waals surface area contributed by atoms with E-state index < -0.39 is 0 Å². The molecular formula is C20H28N4. The molecule has 1 aromatic rings. The minimum Gasteiger partial charge on any atom is -0.371 e. The maximum Gasteiger partial charge on any atom is 0.0991 e. The van der Waals surface area contributed by atoms with Gasteiger partial charge in [-0.2, -0.15) is 5.26 Å². The van der Waals surface area contributed by atoms with E-state index in [0.717, 1.165) is 17.4 Å². The Bertz CT molecular complexity index is 585. The minimum absolute atomic E-state index is 0.753. The first kappa shape index (κ1) is 15.9. The second-order valence-electron chi connectivity index (χ2n) is 7.72. The van der Waals surface area contributed by atoms with Crippen LogP contribution in [0.2, 0.25) is 0 Å². The summed E-state index contributed by atoms with van der Waals surface area (Å²) >= 11 is 0. The molecular weight excluding hydrogens is 296 g/mol. The molecule has 3 heterocycles. The highest BCUT2D eigenvalue weighted by Gasteiger charge is 2.37. The highest BCUT2D eigenvalue weighted by atomic mass is 15.2. The number of rotatable bonds is 4. The third-order valence-corrected chi connectivity index (χ3v) is 6.18. The SMILES string of the molecule is N#Cc1ccc(N2C[C@H]3CCN(CCN4CCCC4)C[C@H]3C2)cc1.